The number of hydrogen-bond donors (Lipinski definition) is 10. The van der Waals surface area contributed by atoms with Gasteiger partial charge in [0.1, 0.15) is 17.8 Å². The summed E-state index contributed by atoms with van der Waals surface area (Å²) in [7, 11) is 8.26. The molecule has 3 rings (SSSR count). The molecule has 51 heavy (non-hydrogen) atoms. The zero-order chi connectivity index (χ0) is 37.5. The second kappa shape index (κ2) is 20.7. The van der Waals surface area contributed by atoms with Crippen LogP contribution < -0.4 is 37.2 Å². The summed E-state index contributed by atoms with van der Waals surface area (Å²) in [5, 5.41) is 52.1. The number of rotatable bonds is 16. The highest BCUT2D eigenvalue weighted by Crippen LogP contribution is 2.28. The van der Waals surface area contributed by atoms with Gasteiger partial charge in [-0.2, -0.15) is 0 Å². The van der Waals surface area contributed by atoms with E-state index in [2.05, 4.69) is 37.2 Å². The monoisotopic (exact) mass is 712 g/mol. The molecule has 15 nitrogen and oxygen atoms in total. The van der Waals surface area contributed by atoms with E-state index in [0.717, 1.165) is 29.7 Å². The van der Waals surface area contributed by atoms with Crippen LogP contribution in [0.15, 0.2) is 42.5 Å². The van der Waals surface area contributed by atoms with Crippen LogP contribution in [0.2, 0.25) is 0 Å². The van der Waals surface area contributed by atoms with Gasteiger partial charge in [-0.05, 0) is 82.0 Å². The largest absolute Gasteiger partial charge is 0.508 e. The Hall–Kier alpha value is -4.12. The summed E-state index contributed by atoms with van der Waals surface area (Å²) in [4.78, 5) is 55.5. The molecule has 2 aromatic carbocycles. The SMILES string of the molecule is CNCCC[C@H](NC)C(=O)NCC(O)CNC(=O)[C@@H]1Cc2cccc(c2)-c2ccc(O)c(c2)C[C@H](NC)C(=O)N[C@@H](C[C@@H](O)CNC)C(=O)N1C. The average Bonchev–Trinajstić information content (AvgIpc) is 3.12. The lowest BCUT2D eigenvalue weighted by molar-refractivity contribution is -0.142. The molecule has 1 aliphatic rings. The molecule has 2 aromatic rings. The lowest BCUT2D eigenvalue weighted by atomic mass is 9.95. The number of carbonyl (C=O) groups excluding carboxylic acids is 4. The minimum atomic E-state index is -1.19. The van der Waals surface area contributed by atoms with E-state index in [1.54, 1.807) is 33.3 Å². The number of amides is 4. The molecule has 10 N–H and O–H groups in total. The van der Waals surface area contributed by atoms with Gasteiger partial charge < -0.3 is 57.4 Å². The normalized spacial score (nSPS) is 20.0. The molecule has 0 aliphatic carbocycles. The Balaban J connectivity index is 1.90. The van der Waals surface area contributed by atoms with E-state index >= 15 is 0 Å². The van der Waals surface area contributed by atoms with E-state index in [1.807, 2.05) is 37.4 Å². The molecule has 0 radical (unpaired) electrons. The van der Waals surface area contributed by atoms with Crippen molar-refractivity contribution in [3.63, 3.8) is 0 Å². The molecule has 0 saturated heterocycles. The smallest absolute Gasteiger partial charge is 0.245 e. The highest BCUT2D eigenvalue weighted by atomic mass is 16.3. The van der Waals surface area contributed by atoms with E-state index < -0.39 is 54.1 Å². The van der Waals surface area contributed by atoms with Crippen molar-refractivity contribution in [1.82, 2.24) is 42.1 Å². The minimum Gasteiger partial charge on any atom is -0.508 e. The van der Waals surface area contributed by atoms with Crippen LogP contribution in [0.1, 0.15) is 30.4 Å². The Bertz CT molecular complexity index is 1460. The van der Waals surface area contributed by atoms with Crippen molar-refractivity contribution in [3.8, 4) is 16.9 Å². The van der Waals surface area contributed by atoms with Crippen molar-refractivity contribution in [2.24, 2.45) is 0 Å². The van der Waals surface area contributed by atoms with Crippen molar-refractivity contribution >= 4 is 23.6 Å². The zero-order valence-corrected chi connectivity index (χ0v) is 30.3. The van der Waals surface area contributed by atoms with Crippen LogP contribution in [0, 0.1) is 0 Å². The summed E-state index contributed by atoms with van der Waals surface area (Å²) in [5.74, 6) is -1.90. The van der Waals surface area contributed by atoms with E-state index in [1.165, 1.54) is 11.9 Å². The molecule has 4 amide bonds. The van der Waals surface area contributed by atoms with Crippen molar-refractivity contribution in [2.45, 2.75) is 68.5 Å². The van der Waals surface area contributed by atoms with Crippen LogP contribution in [0.5, 0.6) is 5.75 Å². The Morgan fingerprint density at radius 1 is 0.922 bits per heavy atom. The topological polar surface area (TPSA) is 216 Å². The molecule has 0 aromatic heterocycles. The number of aromatic hydroxyl groups is 1. The van der Waals surface area contributed by atoms with E-state index in [4.69, 9.17) is 0 Å². The second-order valence-corrected chi connectivity index (χ2v) is 13.0. The van der Waals surface area contributed by atoms with Crippen LogP contribution in [0.3, 0.4) is 0 Å². The highest BCUT2D eigenvalue weighted by Gasteiger charge is 2.35. The minimum absolute atomic E-state index is 0.0222. The fourth-order valence-corrected chi connectivity index (χ4v) is 6.10. The van der Waals surface area contributed by atoms with Crippen molar-refractivity contribution in [3.05, 3.63) is 53.6 Å². The van der Waals surface area contributed by atoms with Crippen molar-refractivity contribution in [2.75, 3.05) is 61.4 Å². The van der Waals surface area contributed by atoms with Crippen molar-refractivity contribution in [1.29, 1.82) is 0 Å². The summed E-state index contributed by atoms with van der Waals surface area (Å²) in [6, 6.07) is 9.10. The molecule has 0 fully saturated rings. The fourth-order valence-electron chi connectivity index (χ4n) is 6.10. The first-order valence-electron chi connectivity index (χ1n) is 17.5. The van der Waals surface area contributed by atoms with Crippen molar-refractivity contribution < 1.29 is 34.5 Å². The Labute approximate surface area is 300 Å². The first-order chi connectivity index (χ1) is 24.4. The molecule has 0 saturated carbocycles. The van der Waals surface area contributed by atoms with Gasteiger partial charge in [0.25, 0.3) is 0 Å². The lowest BCUT2D eigenvalue weighted by Crippen LogP contribution is -2.58. The van der Waals surface area contributed by atoms with E-state index in [-0.39, 0.29) is 50.6 Å². The number of hydrogen-bond acceptors (Lipinski definition) is 11. The zero-order valence-electron chi connectivity index (χ0n) is 30.3. The van der Waals surface area contributed by atoms with Crippen LogP contribution in [0.4, 0.5) is 0 Å². The summed E-state index contributed by atoms with van der Waals surface area (Å²) in [6.45, 7) is 0.641. The average molecular weight is 713 g/mol. The van der Waals surface area contributed by atoms with Gasteiger partial charge in [-0.15, -0.1) is 0 Å². The fraction of sp³-hybridized carbons (Fsp3) is 0.556. The first-order valence-corrected chi connectivity index (χ1v) is 17.5. The van der Waals surface area contributed by atoms with Gasteiger partial charge in [-0.3, -0.25) is 19.2 Å². The summed E-state index contributed by atoms with van der Waals surface area (Å²) in [5.41, 5.74) is 2.87. The number of aliphatic hydroxyl groups excluding tert-OH is 2. The number of benzene rings is 2. The molecule has 1 heterocycles. The van der Waals surface area contributed by atoms with Gasteiger partial charge in [-0.1, -0.05) is 30.3 Å². The number of phenols is 1. The molecule has 1 aliphatic heterocycles. The number of phenolic OH excluding ortho intramolecular Hbond substituents is 1. The molecule has 6 atom stereocenters. The summed E-state index contributed by atoms with van der Waals surface area (Å²) in [6.07, 6.45) is -0.616. The predicted molar refractivity (Wildman–Crippen MR) is 195 cm³/mol. The molecular weight excluding hydrogens is 656 g/mol. The van der Waals surface area contributed by atoms with Gasteiger partial charge in [0.2, 0.25) is 23.6 Å². The Morgan fingerprint density at radius 3 is 2.33 bits per heavy atom. The van der Waals surface area contributed by atoms with Crippen LogP contribution in [-0.4, -0.2) is 142 Å². The quantitative estimate of drug-likeness (QED) is 0.0878. The molecule has 282 valence electrons. The van der Waals surface area contributed by atoms with Gasteiger partial charge in [0, 0.05) is 45.9 Å². The molecule has 0 spiro atoms. The third-order valence-corrected chi connectivity index (χ3v) is 9.15. The van der Waals surface area contributed by atoms with E-state index in [0.29, 0.717) is 12.0 Å². The predicted octanol–water partition coefficient (Wildman–Crippen LogP) is -1.79. The number of aliphatic hydroxyl groups is 2. The summed E-state index contributed by atoms with van der Waals surface area (Å²) >= 11 is 0. The lowest BCUT2D eigenvalue weighted by Gasteiger charge is -2.32. The number of nitrogens with zero attached hydrogens (tertiary/aromatic N) is 1. The molecular formula is C36H56N8O7. The third kappa shape index (κ3) is 12.3. The first kappa shape index (κ1) is 41.3. The van der Waals surface area contributed by atoms with Crippen LogP contribution >= 0.6 is 0 Å². The molecule has 1 unspecified atom stereocenters. The molecule has 4 bridgehead atoms. The third-order valence-electron chi connectivity index (χ3n) is 9.15. The van der Waals surface area contributed by atoms with Gasteiger partial charge in [0.05, 0.1) is 24.3 Å². The maximum absolute atomic E-state index is 14.1. The Kier molecular flexibility index (Phi) is 16.7. The van der Waals surface area contributed by atoms with Gasteiger partial charge in [0.15, 0.2) is 0 Å². The van der Waals surface area contributed by atoms with Gasteiger partial charge >= 0.3 is 0 Å². The highest BCUT2D eigenvalue weighted by molar-refractivity contribution is 5.93. The molecule has 15 heteroatoms. The van der Waals surface area contributed by atoms with Gasteiger partial charge in [-0.25, -0.2) is 0 Å². The number of nitrogens with one attached hydrogen (secondary N) is 7. The second-order valence-electron chi connectivity index (χ2n) is 13.0. The Morgan fingerprint density at radius 2 is 1.65 bits per heavy atom. The number of fused-ring (bicyclic) bond motifs is 5. The van der Waals surface area contributed by atoms with Crippen LogP contribution in [0.25, 0.3) is 11.1 Å². The number of likely N-dealkylation sites (N-methyl/N-ethyl adjacent to an activating group) is 4. The maximum Gasteiger partial charge on any atom is 0.245 e. The maximum atomic E-state index is 14.1. The number of carbonyl (C=O) groups is 4. The van der Waals surface area contributed by atoms with E-state index in [9.17, 15) is 34.5 Å². The standard InChI is InChI=1S/C36H56N8O7/c1-37-13-7-10-28(39-3)33(48)41-20-27(46)21-42-35(50)31-15-22-8-6-9-23(14-22)24-11-12-32(47)25(16-24)17-29(40-4)34(49)43-30(36(51)44(31)5)18-26(45)19-38-2/h6,8-9,11-12,14,16,26-31,37-40,45-47H,7,10,13,15,17-21H2,1-5H3,(H,41,48)(H,42,50)(H,43,49)/t26-,27?,28+,29+,30+,31+/m1/s1. The summed E-state index contributed by atoms with van der Waals surface area (Å²) < 4.78 is 0. The van der Waals surface area contributed by atoms with Crippen LogP contribution in [-0.2, 0) is 32.0 Å².